The molecule has 3 heteroatoms. The number of amides is 1. The van der Waals surface area contributed by atoms with Crippen molar-refractivity contribution in [1.82, 2.24) is 10.9 Å². The van der Waals surface area contributed by atoms with Gasteiger partial charge in [0.1, 0.15) is 0 Å². The third-order valence-corrected chi connectivity index (χ3v) is 3.01. The van der Waals surface area contributed by atoms with Crippen LogP contribution in [0.15, 0.2) is 0 Å². The summed E-state index contributed by atoms with van der Waals surface area (Å²) in [7, 11) is 1.72. The van der Waals surface area contributed by atoms with Gasteiger partial charge in [-0.3, -0.25) is 10.2 Å². The zero-order valence-corrected chi connectivity index (χ0v) is 9.14. The predicted molar refractivity (Wildman–Crippen MR) is 57.6 cm³/mol. The molecule has 1 aliphatic carbocycles. The average Bonchev–Trinajstić information content (AvgIpc) is 2.65. The molecular formula is C11H22N2O. The molecule has 0 radical (unpaired) electrons. The molecule has 0 heterocycles. The van der Waals surface area contributed by atoms with E-state index in [0.717, 1.165) is 12.3 Å². The van der Waals surface area contributed by atoms with Gasteiger partial charge in [0.2, 0.25) is 5.91 Å². The number of unbranched alkanes of at least 4 members (excludes halogenated alkanes) is 1. The molecule has 1 rings (SSSR count). The van der Waals surface area contributed by atoms with Gasteiger partial charge >= 0.3 is 0 Å². The summed E-state index contributed by atoms with van der Waals surface area (Å²) >= 11 is 0. The molecule has 1 amide bonds. The maximum Gasteiger partial charge on any atom is 0.234 e. The smallest absolute Gasteiger partial charge is 0.234 e. The minimum absolute atomic E-state index is 0.110. The van der Waals surface area contributed by atoms with Gasteiger partial charge in [0, 0.05) is 13.5 Å². The van der Waals surface area contributed by atoms with Crippen molar-refractivity contribution < 1.29 is 4.79 Å². The van der Waals surface area contributed by atoms with Gasteiger partial charge in [-0.15, -0.1) is 0 Å². The molecule has 0 aromatic rings. The van der Waals surface area contributed by atoms with Crippen LogP contribution in [0.25, 0.3) is 0 Å². The lowest BCUT2D eigenvalue weighted by atomic mass is 10.00. The molecule has 0 aromatic heterocycles. The molecule has 82 valence electrons. The fourth-order valence-corrected chi connectivity index (χ4v) is 2.22. The second-order valence-electron chi connectivity index (χ2n) is 4.19. The van der Waals surface area contributed by atoms with Crippen molar-refractivity contribution in [2.24, 2.45) is 5.92 Å². The Balaban J connectivity index is 1.90. The molecule has 0 spiro atoms. The monoisotopic (exact) mass is 198 g/mol. The third kappa shape index (κ3) is 4.61. The predicted octanol–water partition coefficient (Wildman–Crippen LogP) is 1.99. The van der Waals surface area contributed by atoms with Crippen LogP contribution in [0.4, 0.5) is 0 Å². The second kappa shape index (κ2) is 6.82. The maximum atomic E-state index is 11.1. The molecule has 3 nitrogen and oxygen atoms in total. The Bertz CT molecular complexity index is 165. The third-order valence-electron chi connectivity index (χ3n) is 3.01. The van der Waals surface area contributed by atoms with E-state index in [-0.39, 0.29) is 5.91 Å². The van der Waals surface area contributed by atoms with Crippen LogP contribution in [0.3, 0.4) is 0 Å². The zero-order valence-electron chi connectivity index (χ0n) is 9.14. The largest absolute Gasteiger partial charge is 0.292 e. The summed E-state index contributed by atoms with van der Waals surface area (Å²) in [6.07, 6.45) is 9.91. The summed E-state index contributed by atoms with van der Waals surface area (Å²) in [4.78, 5) is 11.1. The number of carbonyl (C=O) groups excluding carboxylic acids is 1. The van der Waals surface area contributed by atoms with Crippen LogP contribution in [-0.2, 0) is 4.79 Å². The Hall–Kier alpha value is -0.570. The summed E-state index contributed by atoms with van der Waals surface area (Å²) in [6, 6.07) is 0. The number of rotatable bonds is 6. The Morgan fingerprint density at radius 2 is 2.00 bits per heavy atom. The molecule has 0 aliphatic heterocycles. The maximum absolute atomic E-state index is 11.1. The van der Waals surface area contributed by atoms with E-state index in [1.54, 1.807) is 7.05 Å². The van der Waals surface area contributed by atoms with E-state index in [2.05, 4.69) is 10.9 Å². The molecule has 1 fully saturated rings. The molecule has 2 N–H and O–H groups in total. The molecule has 1 aliphatic rings. The van der Waals surface area contributed by atoms with Crippen molar-refractivity contribution >= 4 is 5.91 Å². The summed E-state index contributed by atoms with van der Waals surface area (Å²) in [6.45, 7) is 0. The van der Waals surface area contributed by atoms with E-state index in [1.807, 2.05) is 0 Å². The minimum Gasteiger partial charge on any atom is -0.292 e. The number of carbonyl (C=O) groups is 1. The molecule has 14 heavy (non-hydrogen) atoms. The minimum atomic E-state index is 0.110. The lowest BCUT2D eigenvalue weighted by molar-refractivity contribution is -0.122. The highest BCUT2D eigenvalue weighted by molar-refractivity contribution is 5.75. The molecule has 0 aromatic carbocycles. The van der Waals surface area contributed by atoms with Gasteiger partial charge in [0.15, 0.2) is 0 Å². The Labute approximate surface area is 86.6 Å². The van der Waals surface area contributed by atoms with Crippen LogP contribution in [0.2, 0.25) is 0 Å². The SMILES string of the molecule is CNNC(=O)CCCCC1CCCC1. The highest BCUT2D eigenvalue weighted by atomic mass is 16.2. The average molecular weight is 198 g/mol. The first-order valence-corrected chi connectivity index (χ1v) is 5.78. The van der Waals surface area contributed by atoms with Crippen LogP contribution in [0, 0.1) is 5.92 Å². The Morgan fingerprint density at radius 1 is 1.29 bits per heavy atom. The molecular weight excluding hydrogens is 176 g/mol. The van der Waals surface area contributed by atoms with E-state index >= 15 is 0 Å². The molecule has 0 atom stereocenters. The number of nitrogens with one attached hydrogen (secondary N) is 2. The van der Waals surface area contributed by atoms with Gasteiger partial charge in [-0.2, -0.15) is 0 Å². The van der Waals surface area contributed by atoms with E-state index in [0.29, 0.717) is 6.42 Å². The first kappa shape index (κ1) is 11.5. The van der Waals surface area contributed by atoms with E-state index in [9.17, 15) is 4.79 Å². The number of hydrazine groups is 1. The van der Waals surface area contributed by atoms with Crippen LogP contribution in [0.1, 0.15) is 51.4 Å². The lowest BCUT2D eigenvalue weighted by Gasteiger charge is -2.07. The van der Waals surface area contributed by atoms with Crippen molar-refractivity contribution in [3.63, 3.8) is 0 Å². The van der Waals surface area contributed by atoms with E-state index in [4.69, 9.17) is 0 Å². The van der Waals surface area contributed by atoms with Gasteiger partial charge in [0.05, 0.1) is 0 Å². The van der Waals surface area contributed by atoms with Crippen LogP contribution in [0.5, 0.6) is 0 Å². The van der Waals surface area contributed by atoms with Crippen molar-refractivity contribution in [3.8, 4) is 0 Å². The summed E-state index contributed by atoms with van der Waals surface area (Å²) in [5, 5.41) is 0. The molecule has 0 unspecified atom stereocenters. The van der Waals surface area contributed by atoms with E-state index in [1.165, 1.54) is 38.5 Å². The number of hydrogen-bond acceptors (Lipinski definition) is 2. The summed E-state index contributed by atoms with van der Waals surface area (Å²) < 4.78 is 0. The van der Waals surface area contributed by atoms with Crippen LogP contribution in [-0.4, -0.2) is 13.0 Å². The molecule has 1 saturated carbocycles. The topological polar surface area (TPSA) is 41.1 Å². The van der Waals surface area contributed by atoms with Gasteiger partial charge < -0.3 is 0 Å². The van der Waals surface area contributed by atoms with Gasteiger partial charge in [-0.25, -0.2) is 5.43 Å². The van der Waals surface area contributed by atoms with E-state index < -0.39 is 0 Å². The summed E-state index contributed by atoms with van der Waals surface area (Å²) in [5.41, 5.74) is 5.23. The van der Waals surface area contributed by atoms with Crippen LogP contribution >= 0.6 is 0 Å². The summed E-state index contributed by atoms with van der Waals surface area (Å²) in [5.74, 6) is 1.07. The fraction of sp³-hybridized carbons (Fsp3) is 0.909. The van der Waals surface area contributed by atoms with Gasteiger partial charge in [-0.1, -0.05) is 38.5 Å². The normalized spacial score (nSPS) is 17.2. The van der Waals surface area contributed by atoms with Crippen molar-refractivity contribution in [2.75, 3.05) is 7.05 Å². The van der Waals surface area contributed by atoms with Crippen molar-refractivity contribution in [3.05, 3.63) is 0 Å². The van der Waals surface area contributed by atoms with Gasteiger partial charge in [-0.05, 0) is 12.3 Å². The highest BCUT2D eigenvalue weighted by Gasteiger charge is 2.14. The lowest BCUT2D eigenvalue weighted by Crippen LogP contribution is -2.33. The zero-order chi connectivity index (χ0) is 10.2. The second-order valence-corrected chi connectivity index (χ2v) is 4.19. The first-order valence-electron chi connectivity index (χ1n) is 5.78. The van der Waals surface area contributed by atoms with Crippen molar-refractivity contribution in [2.45, 2.75) is 51.4 Å². The Kier molecular flexibility index (Phi) is 5.60. The number of hydrogen-bond donors (Lipinski definition) is 2. The first-order chi connectivity index (χ1) is 6.83. The van der Waals surface area contributed by atoms with Gasteiger partial charge in [0.25, 0.3) is 0 Å². The Morgan fingerprint density at radius 3 is 2.64 bits per heavy atom. The standard InChI is InChI=1S/C11H22N2O/c1-12-13-11(14)9-5-4-8-10-6-2-3-7-10/h10,12H,2-9H2,1H3,(H,13,14). The molecule has 0 saturated heterocycles. The van der Waals surface area contributed by atoms with Crippen LogP contribution < -0.4 is 10.9 Å². The highest BCUT2D eigenvalue weighted by Crippen LogP contribution is 2.28. The van der Waals surface area contributed by atoms with Crippen molar-refractivity contribution in [1.29, 1.82) is 0 Å². The quantitative estimate of drug-likeness (QED) is 0.506. The molecule has 0 bridgehead atoms. The fourth-order valence-electron chi connectivity index (χ4n) is 2.22.